The summed E-state index contributed by atoms with van der Waals surface area (Å²) in [5.74, 6) is 2.35. The molecule has 0 bridgehead atoms. The highest BCUT2D eigenvalue weighted by Gasteiger charge is 2.38. The molecule has 2 unspecified atom stereocenters. The maximum absolute atomic E-state index is 14.7. The third kappa shape index (κ3) is 24.6. The first-order chi connectivity index (χ1) is 72.1. The number of hydrogen-bond acceptors (Lipinski definition) is 21. The minimum Gasteiger partial charge on any atom is -0.502 e. The summed E-state index contributed by atoms with van der Waals surface area (Å²) in [6, 6.07) is 63.1. The van der Waals surface area contributed by atoms with Crippen molar-refractivity contribution in [3.63, 3.8) is 0 Å². The van der Waals surface area contributed by atoms with Crippen LogP contribution in [0, 0.1) is 37.0 Å². The van der Waals surface area contributed by atoms with Crippen LogP contribution in [0.15, 0.2) is 290 Å². The van der Waals surface area contributed by atoms with E-state index in [4.69, 9.17) is 62.1 Å². The number of halogens is 2. The van der Waals surface area contributed by atoms with Gasteiger partial charge in [0.25, 0.3) is 0 Å². The summed E-state index contributed by atoms with van der Waals surface area (Å²) in [5, 5.41) is 53.1. The monoisotopic (exact) mass is 2010 g/mol. The Morgan fingerprint density at radius 1 is 0.356 bits per heavy atom. The number of nitrogens with zero attached hydrogens (tertiary/aromatic N) is 2. The van der Waals surface area contributed by atoms with Crippen LogP contribution in [-0.2, 0) is 58.2 Å². The molecule has 8 N–H and O–H groups in total. The van der Waals surface area contributed by atoms with Crippen molar-refractivity contribution in [3.8, 4) is 69.0 Å². The van der Waals surface area contributed by atoms with Gasteiger partial charge < -0.3 is 97.3 Å². The van der Waals surface area contributed by atoms with Gasteiger partial charge in [-0.1, -0.05) is 78.4 Å². The highest BCUT2D eigenvalue weighted by Crippen LogP contribution is 2.53. The predicted molar refractivity (Wildman–Crippen MR) is 569 cm³/mol. The summed E-state index contributed by atoms with van der Waals surface area (Å²) in [7, 11) is 11.9. The number of allylic oxidation sites excluding steroid dienone is 8. The van der Waals surface area contributed by atoms with E-state index in [2.05, 4.69) is 49.3 Å². The second-order valence-corrected chi connectivity index (χ2v) is 35.6. The van der Waals surface area contributed by atoms with Gasteiger partial charge in [-0.3, -0.25) is 24.2 Å². The summed E-state index contributed by atoms with van der Waals surface area (Å²) < 4.78 is 93.3. The summed E-state index contributed by atoms with van der Waals surface area (Å²) in [4.78, 5) is 60.7. The van der Waals surface area contributed by atoms with Gasteiger partial charge in [-0.05, 0) is 369 Å². The standard InChI is InChI=1S/C34H32FNO5.C33H31FN2O5.C27H24N2O5.C27H27NO5/c1-21-28(16-23-17-30(39-2)33(37)31(18-23)40-3)26-14-12-24(35)19-29(26)32(21)27(13-11-22-8-5-4-6-9-22)34(38)36-20-25-10-7-15-41-25;1-20-27(15-22-16-29(39-2)32(37)30(17-22)40-3)25-9-7-23(34)18-28(25)31(20)26(8-6-21-10-12-35-13-11-21)33(38)36-19-24-5-4-14-41-24;1-16-21(10-17-11-24(32-3)27(31)25(12-17)33-4)20-8-7-18(28-2)13-23(20)22(16)14-26(30)29-15-19-6-5-9-34-19;1-16-7-8-20-21(11-18-12-24(31-3)27(30)25(13-18)32-4)17(2)22(23(20)10-16)14-26(29)28-15-19-6-5-9-33-19/h4-10,12,14-19,27,37H,11,13,20H2,1-3H3,(H,36,38);4-5,7,9-18,26,37H,6,8,19H2,1-3H3,(H,36,38);5-13,31H,14-15H2,1,3-4H3,(H,29,30);5-13,30H,14-15H2,1-4H3,(H,28,29)/b28-16-;27-15-;21-10-;21-11-. The number of carbonyl (C=O) groups excluding carboxylic acids is 4. The van der Waals surface area contributed by atoms with Crippen molar-refractivity contribution in [2.75, 3.05) is 56.9 Å². The van der Waals surface area contributed by atoms with Gasteiger partial charge in [-0.15, -0.1) is 0 Å². The van der Waals surface area contributed by atoms with E-state index >= 15 is 0 Å². The molecular weight excluding hydrogens is 1900 g/mol. The lowest BCUT2D eigenvalue weighted by Gasteiger charge is -2.20. The number of aryl methyl sites for hydroxylation is 3. The lowest BCUT2D eigenvalue weighted by molar-refractivity contribution is -0.124. The molecule has 4 aliphatic rings. The molecule has 4 aliphatic carbocycles. The molecule has 0 saturated heterocycles. The molecule has 0 radical (unpaired) electrons. The summed E-state index contributed by atoms with van der Waals surface area (Å²) in [5.41, 5.74) is 24.6. The number of amides is 4. The molecule has 5 heterocycles. The molecule has 0 fully saturated rings. The zero-order chi connectivity index (χ0) is 106. The van der Waals surface area contributed by atoms with Gasteiger partial charge >= 0.3 is 0 Å². The number of carbonyl (C=O) groups is 4. The number of phenolic OH excluding ortho intramolecular Hbond substituents is 4. The van der Waals surface area contributed by atoms with E-state index in [1.54, 1.807) is 141 Å². The molecule has 5 aromatic heterocycles. The van der Waals surface area contributed by atoms with Crippen LogP contribution >= 0.6 is 0 Å². The summed E-state index contributed by atoms with van der Waals surface area (Å²) in [6.07, 6.45) is 20.4. The van der Waals surface area contributed by atoms with E-state index < -0.39 is 11.8 Å². The molecule has 762 valence electrons. The number of benzene rings is 9. The number of rotatable bonds is 34. The zero-order valence-corrected chi connectivity index (χ0v) is 84.7. The molecule has 26 nitrogen and oxygen atoms in total. The summed E-state index contributed by atoms with van der Waals surface area (Å²) in [6.45, 7) is 18.5. The van der Waals surface area contributed by atoms with Gasteiger partial charge in [-0.2, -0.15) is 0 Å². The van der Waals surface area contributed by atoms with Crippen LogP contribution in [-0.4, -0.2) is 106 Å². The van der Waals surface area contributed by atoms with E-state index in [1.807, 2.05) is 126 Å². The molecule has 0 saturated carbocycles. The average molecular weight is 2010 g/mol. The Morgan fingerprint density at radius 2 is 0.664 bits per heavy atom. The molecule has 14 aromatic rings. The number of pyridine rings is 1. The number of phenols is 4. The van der Waals surface area contributed by atoms with E-state index in [9.17, 15) is 48.4 Å². The smallest absolute Gasteiger partial charge is 0.227 e. The molecule has 18 rings (SSSR count). The van der Waals surface area contributed by atoms with E-state index in [1.165, 1.54) is 81.1 Å². The van der Waals surface area contributed by atoms with Crippen LogP contribution in [0.3, 0.4) is 0 Å². The Balaban J connectivity index is 0.000000149. The SMILES string of the molecule is COc1cc(/C=C2/C(C)=C(C(CCc3ccccc3)C(=O)NCc3ccco3)c3cc(F)ccc32)cc(OC)c1O.COc1cc(/C=C2/C(C)=C(C(CCc3ccncc3)C(=O)NCc3ccco3)c3cc(F)ccc32)cc(OC)c1O.COc1cc(/C=C2/C(C)=C(CC(=O)NCc3ccco3)c3cc(C)ccc32)cc(OC)c1O.[C-]#[N+]c1ccc2c(c1)C(CC(=O)NCc1ccco1)=C(C)/C2=C/c1cc(OC)c(O)c(OC)c1. The lowest BCUT2D eigenvalue weighted by atomic mass is 9.86. The van der Waals surface area contributed by atoms with Crippen LogP contribution in [0.1, 0.15) is 160 Å². The third-order valence-electron chi connectivity index (χ3n) is 26.4. The highest BCUT2D eigenvalue weighted by molar-refractivity contribution is 6.13. The Kier molecular flexibility index (Phi) is 34.3. The number of aromatic nitrogens is 1. The number of methoxy groups -OCH3 is 8. The molecule has 2 atom stereocenters. The lowest BCUT2D eigenvalue weighted by Crippen LogP contribution is -2.31. The van der Waals surface area contributed by atoms with E-state index in [-0.39, 0.29) is 107 Å². The quantitative estimate of drug-likeness (QED) is 0.0174. The molecule has 0 aliphatic heterocycles. The largest absolute Gasteiger partial charge is 0.502 e. The van der Waals surface area contributed by atoms with E-state index in [0.717, 1.165) is 139 Å². The number of fused-ring (bicyclic) bond motifs is 4. The third-order valence-corrected chi connectivity index (χ3v) is 26.4. The van der Waals surface area contributed by atoms with Gasteiger partial charge in [-0.25, -0.2) is 13.6 Å². The van der Waals surface area contributed by atoms with Crippen molar-refractivity contribution in [1.82, 2.24) is 26.3 Å². The maximum Gasteiger partial charge on any atom is 0.227 e. The number of aromatic hydroxyl groups is 4. The normalized spacial score (nSPS) is 14.0. The van der Waals surface area contributed by atoms with Crippen LogP contribution in [0.2, 0.25) is 0 Å². The first-order valence-corrected chi connectivity index (χ1v) is 48.0. The predicted octanol–water partition coefficient (Wildman–Crippen LogP) is 24.4. The van der Waals surface area contributed by atoms with Gasteiger partial charge in [0.15, 0.2) is 51.7 Å². The van der Waals surface area contributed by atoms with Gasteiger partial charge in [0, 0.05) is 12.4 Å². The molecule has 28 heteroatoms. The number of nitrogens with one attached hydrogen (secondary N) is 4. The Morgan fingerprint density at radius 3 is 0.993 bits per heavy atom. The molecule has 9 aromatic carbocycles. The van der Waals surface area contributed by atoms with Crippen LogP contribution in [0.4, 0.5) is 14.5 Å². The van der Waals surface area contributed by atoms with Crippen LogP contribution < -0.4 is 59.2 Å². The Bertz CT molecular complexity index is 7250. The van der Waals surface area contributed by atoms with Crippen molar-refractivity contribution >= 4 is 98.2 Å². The fourth-order valence-corrected chi connectivity index (χ4v) is 18.9. The molecule has 0 spiro atoms. The van der Waals surface area contributed by atoms with Crippen molar-refractivity contribution in [2.24, 2.45) is 11.8 Å². The highest BCUT2D eigenvalue weighted by atomic mass is 19.1. The second kappa shape index (κ2) is 48.6. The van der Waals surface area contributed by atoms with Gasteiger partial charge in [0.1, 0.15) is 34.7 Å². The minimum absolute atomic E-state index is 0.0363. The van der Waals surface area contributed by atoms with Gasteiger partial charge in [0.2, 0.25) is 46.6 Å². The van der Waals surface area contributed by atoms with E-state index in [0.29, 0.717) is 102 Å². The number of furan rings is 4. The second-order valence-electron chi connectivity index (χ2n) is 35.6. The average Bonchev–Trinajstić information content (AvgIpc) is 1.61. The van der Waals surface area contributed by atoms with Gasteiger partial charge in [0.05, 0.1) is 139 Å². The van der Waals surface area contributed by atoms with Crippen LogP contribution in [0.5, 0.6) is 69.0 Å². The van der Waals surface area contributed by atoms with Crippen LogP contribution in [0.25, 0.3) is 73.7 Å². The molecule has 4 amide bonds. The Hall–Kier alpha value is -18.0. The maximum atomic E-state index is 14.7. The first kappa shape index (κ1) is 105. The summed E-state index contributed by atoms with van der Waals surface area (Å²) >= 11 is 0. The fourth-order valence-electron chi connectivity index (χ4n) is 18.9. The Labute approximate surface area is 862 Å². The van der Waals surface area contributed by atoms with Crippen molar-refractivity contribution in [2.45, 2.75) is 99.3 Å². The fraction of sp³-hybridized carbons (Fsp3) is 0.207. The first-order valence-electron chi connectivity index (χ1n) is 48.0. The number of ether oxygens (including phenoxy) is 8. The van der Waals surface area contributed by atoms with Crippen molar-refractivity contribution in [1.29, 1.82) is 0 Å². The topological polar surface area (TPSA) is 341 Å². The molecular formula is C121H114F2N6O20. The molecule has 149 heavy (non-hydrogen) atoms. The minimum atomic E-state index is -0.562. The number of hydrogen-bond donors (Lipinski definition) is 8. The zero-order valence-electron chi connectivity index (χ0n) is 84.7. The van der Waals surface area contributed by atoms with Crippen molar-refractivity contribution in [3.05, 3.63) is 402 Å². The van der Waals surface area contributed by atoms with Crippen molar-refractivity contribution < 1.29 is 104 Å².